The largest absolute Gasteiger partial charge is 0.310 e. The van der Waals surface area contributed by atoms with Gasteiger partial charge in [-0.15, -0.1) is 6.58 Å². The van der Waals surface area contributed by atoms with Crippen molar-refractivity contribution >= 4 is 27.5 Å². The van der Waals surface area contributed by atoms with Crippen LogP contribution in [0.5, 0.6) is 0 Å². The van der Waals surface area contributed by atoms with Crippen LogP contribution >= 0.6 is 27.5 Å². The van der Waals surface area contributed by atoms with Gasteiger partial charge in [-0.1, -0.05) is 30.7 Å². The third kappa shape index (κ3) is 4.82. The number of hydrogen-bond donors (Lipinski definition) is 1. The van der Waals surface area contributed by atoms with Crippen LogP contribution in [0.1, 0.15) is 37.8 Å². The molecule has 94 valence electrons. The molecule has 0 bridgehead atoms. The predicted octanol–water partition coefficient (Wildman–Crippen LogP) is 5.11. The number of nitrogens with one attached hydrogen (secondary N) is 1. The molecule has 0 fully saturated rings. The van der Waals surface area contributed by atoms with Crippen LogP contribution in [0.25, 0.3) is 0 Å². The molecule has 0 amide bonds. The highest BCUT2D eigenvalue weighted by Crippen LogP contribution is 2.28. The maximum Gasteiger partial charge on any atom is 0.0551 e. The molecule has 0 aliphatic carbocycles. The molecule has 0 saturated carbocycles. The van der Waals surface area contributed by atoms with Gasteiger partial charge in [-0.2, -0.15) is 0 Å². The Morgan fingerprint density at radius 2 is 2.29 bits per heavy atom. The van der Waals surface area contributed by atoms with Gasteiger partial charge in [-0.3, -0.25) is 0 Å². The number of unbranched alkanes of at least 4 members (excludes halogenated alkanes) is 1. The lowest BCUT2D eigenvalue weighted by atomic mass is 10.0. The van der Waals surface area contributed by atoms with Gasteiger partial charge >= 0.3 is 0 Å². The first-order valence-electron chi connectivity index (χ1n) is 5.98. The zero-order chi connectivity index (χ0) is 12.7. The molecule has 1 nitrogen and oxygen atoms in total. The number of halogens is 2. The number of hydrogen-bond acceptors (Lipinski definition) is 1. The van der Waals surface area contributed by atoms with E-state index in [0.29, 0.717) is 6.04 Å². The minimum Gasteiger partial charge on any atom is -0.310 e. The first-order valence-corrected chi connectivity index (χ1v) is 7.15. The molecule has 0 aromatic heterocycles. The molecule has 0 aliphatic rings. The Morgan fingerprint density at radius 1 is 1.53 bits per heavy atom. The minimum absolute atomic E-state index is 0.380. The molecule has 0 spiro atoms. The summed E-state index contributed by atoms with van der Waals surface area (Å²) in [5, 5.41) is 4.27. The van der Waals surface area contributed by atoms with Crippen molar-refractivity contribution in [1.82, 2.24) is 5.32 Å². The van der Waals surface area contributed by atoms with Gasteiger partial charge in [-0.05, 0) is 59.4 Å². The molecule has 0 aliphatic heterocycles. The summed E-state index contributed by atoms with van der Waals surface area (Å²) in [4.78, 5) is 0. The average Bonchev–Trinajstić information content (AvgIpc) is 2.32. The van der Waals surface area contributed by atoms with E-state index in [2.05, 4.69) is 40.8 Å². The minimum atomic E-state index is 0.380. The molecule has 1 N–H and O–H groups in total. The Balaban J connectivity index is 2.73. The zero-order valence-electron chi connectivity index (χ0n) is 10.2. The topological polar surface area (TPSA) is 12.0 Å². The number of benzene rings is 1. The molecule has 0 radical (unpaired) electrons. The molecule has 0 heterocycles. The molecule has 1 aromatic rings. The van der Waals surface area contributed by atoms with Gasteiger partial charge in [0.05, 0.1) is 5.02 Å². The summed E-state index contributed by atoms with van der Waals surface area (Å²) in [6, 6.07) is 6.55. The lowest BCUT2D eigenvalue weighted by Gasteiger charge is -2.18. The van der Waals surface area contributed by atoms with Gasteiger partial charge in [-0.25, -0.2) is 0 Å². The van der Waals surface area contributed by atoms with Crippen LogP contribution in [0.15, 0.2) is 35.3 Å². The molecule has 1 atom stereocenters. The van der Waals surface area contributed by atoms with Gasteiger partial charge in [0.15, 0.2) is 0 Å². The lowest BCUT2D eigenvalue weighted by molar-refractivity contribution is 0.500. The predicted molar refractivity (Wildman–Crippen MR) is 79.6 cm³/mol. The van der Waals surface area contributed by atoms with Crippen molar-refractivity contribution in [3.05, 3.63) is 45.9 Å². The first kappa shape index (κ1) is 14.7. The van der Waals surface area contributed by atoms with Crippen LogP contribution in [0.4, 0.5) is 0 Å². The molecular weight excluding hydrogens is 298 g/mol. The molecule has 17 heavy (non-hydrogen) atoms. The fraction of sp³-hybridized carbons (Fsp3) is 0.429. The third-order valence-corrected chi connectivity index (χ3v) is 3.93. The quantitative estimate of drug-likeness (QED) is 0.544. The van der Waals surface area contributed by atoms with E-state index in [0.717, 1.165) is 35.3 Å². The Morgan fingerprint density at radius 3 is 2.88 bits per heavy atom. The summed E-state index contributed by atoms with van der Waals surface area (Å²) in [7, 11) is 0. The SMILES string of the molecule is C=CCCCC(NCC)c1ccc(Br)c(Cl)c1. The second-order valence-corrected chi connectivity index (χ2v) is 5.26. The van der Waals surface area contributed by atoms with Crippen molar-refractivity contribution in [2.45, 2.75) is 32.2 Å². The average molecular weight is 317 g/mol. The second-order valence-electron chi connectivity index (χ2n) is 4.00. The molecular formula is C14H19BrClN. The van der Waals surface area contributed by atoms with Crippen molar-refractivity contribution in [1.29, 1.82) is 0 Å². The van der Waals surface area contributed by atoms with Gasteiger partial charge in [0, 0.05) is 10.5 Å². The van der Waals surface area contributed by atoms with Crippen LogP contribution in [-0.2, 0) is 0 Å². The Kier molecular flexibility index (Phi) is 6.86. The summed E-state index contributed by atoms with van der Waals surface area (Å²) in [5.74, 6) is 0. The Hall–Kier alpha value is -0.310. The van der Waals surface area contributed by atoms with Gasteiger partial charge in [0.2, 0.25) is 0 Å². The van der Waals surface area contributed by atoms with E-state index in [1.165, 1.54) is 5.56 Å². The molecule has 1 rings (SSSR count). The van der Waals surface area contributed by atoms with Crippen LogP contribution in [0, 0.1) is 0 Å². The first-order chi connectivity index (χ1) is 8.19. The van der Waals surface area contributed by atoms with E-state index in [1.807, 2.05) is 18.2 Å². The second kappa shape index (κ2) is 7.91. The van der Waals surface area contributed by atoms with Gasteiger partial charge in [0.25, 0.3) is 0 Å². The standard InChI is InChI=1S/C14H19BrClN/c1-3-5-6-7-14(17-4-2)11-8-9-12(15)13(16)10-11/h3,8-10,14,17H,1,4-7H2,2H3. The van der Waals surface area contributed by atoms with E-state index >= 15 is 0 Å². The van der Waals surface area contributed by atoms with E-state index in [-0.39, 0.29) is 0 Å². The van der Waals surface area contributed by atoms with Crippen molar-refractivity contribution in [2.75, 3.05) is 6.54 Å². The summed E-state index contributed by atoms with van der Waals surface area (Å²) in [6.07, 6.45) is 5.29. The van der Waals surface area contributed by atoms with E-state index < -0.39 is 0 Å². The van der Waals surface area contributed by atoms with Gasteiger partial charge in [0.1, 0.15) is 0 Å². The molecule has 3 heteroatoms. The highest BCUT2D eigenvalue weighted by atomic mass is 79.9. The normalized spacial score (nSPS) is 12.4. The smallest absolute Gasteiger partial charge is 0.0551 e. The van der Waals surface area contributed by atoms with Crippen LogP contribution in [-0.4, -0.2) is 6.54 Å². The summed E-state index contributed by atoms with van der Waals surface area (Å²) in [6.45, 7) is 6.84. The van der Waals surface area contributed by atoms with Gasteiger partial charge < -0.3 is 5.32 Å². The Bertz CT molecular complexity index is 365. The van der Waals surface area contributed by atoms with Crippen molar-refractivity contribution in [3.8, 4) is 0 Å². The van der Waals surface area contributed by atoms with Crippen molar-refractivity contribution in [2.24, 2.45) is 0 Å². The van der Waals surface area contributed by atoms with E-state index in [9.17, 15) is 0 Å². The zero-order valence-corrected chi connectivity index (χ0v) is 12.5. The molecule has 0 saturated heterocycles. The van der Waals surface area contributed by atoms with Crippen LogP contribution in [0.2, 0.25) is 5.02 Å². The highest BCUT2D eigenvalue weighted by molar-refractivity contribution is 9.10. The molecule has 1 aromatic carbocycles. The maximum atomic E-state index is 6.13. The highest BCUT2D eigenvalue weighted by Gasteiger charge is 2.10. The number of allylic oxidation sites excluding steroid dienone is 1. The van der Waals surface area contributed by atoms with Crippen LogP contribution < -0.4 is 5.32 Å². The third-order valence-electron chi connectivity index (χ3n) is 2.70. The lowest BCUT2D eigenvalue weighted by Crippen LogP contribution is -2.20. The van der Waals surface area contributed by atoms with Crippen molar-refractivity contribution < 1.29 is 0 Å². The molecule has 1 unspecified atom stereocenters. The summed E-state index contributed by atoms with van der Waals surface area (Å²) < 4.78 is 0.948. The fourth-order valence-corrected chi connectivity index (χ4v) is 2.26. The van der Waals surface area contributed by atoms with E-state index in [4.69, 9.17) is 11.6 Å². The maximum absolute atomic E-state index is 6.13. The summed E-state index contributed by atoms with van der Waals surface area (Å²) >= 11 is 9.54. The summed E-state index contributed by atoms with van der Waals surface area (Å²) in [5.41, 5.74) is 1.25. The van der Waals surface area contributed by atoms with Crippen molar-refractivity contribution in [3.63, 3.8) is 0 Å². The Labute approximate surface area is 117 Å². The monoisotopic (exact) mass is 315 g/mol. The number of rotatable bonds is 7. The van der Waals surface area contributed by atoms with E-state index in [1.54, 1.807) is 0 Å². The fourth-order valence-electron chi connectivity index (χ4n) is 1.83. The van der Waals surface area contributed by atoms with Crippen LogP contribution in [0.3, 0.4) is 0 Å².